The van der Waals surface area contributed by atoms with Crippen LogP contribution in [0.1, 0.15) is 29.8 Å². The second-order valence-corrected chi connectivity index (χ2v) is 5.47. The highest BCUT2D eigenvalue weighted by Crippen LogP contribution is 2.24. The summed E-state index contributed by atoms with van der Waals surface area (Å²) in [6, 6.07) is 2.03. The van der Waals surface area contributed by atoms with Crippen LogP contribution < -0.4 is 5.73 Å². The summed E-state index contributed by atoms with van der Waals surface area (Å²) in [7, 11) is 0. The number of rotatable bonds is 2. The predicted molar refractivity (Wildman–Crippen MR) is 73.6 cm³/mol. The first-order chi connectivity index (χ1) is 8.79. The van der Waals surface area contributed by atoms with Crippen LogP contribution in [0.25, 0.3) is 5.82 Å². The Labute approximate surface area is 114 Å². The number of hydrogen-bond acceptors (Lipinski definition) is 3. The van der Waals surface area contributed by atoms with Crippen molar-refractivity contribution in [3.63, 3.8) is 0 Å². The zero-order valence-electron chi connectivity index (χ0n) is 10.1. The number of nitrogens with zero attached hydrogens (tertiary/aromatic N) is 3. The van der Waals surface area contributed by atoms with E-state index in [9.17, 15) is 0 Å². The summed E-state index contributed by atoms with van der Waals surface area (Å²) in [4.78, 5) is 9.00. The molecule has 4 nitrogen and oxygen atoms in total. The van der Waals surface area contributed by atoms with Gasteiger partial charge in [0, 0.05) is 28.5 Å². The summed E-state index contributed by atoms with van der Waals surface area (Å²) in [5.41, 5.74) is 9.36. The molecule has 0 atom stereocenters. The van der Waals surface area contributed by atoms with E-state index in [1.807, 2.05) is 18.6 Å². The monoisotopic (exact) mass is 306 g/mol. The lowest BCUT2D eigenvalue weighted by atomic mass is 10.0. The van der Waals surface area contributed by atoms with Crippen molar-refractivity contribution in [2.24, 2.45) is 5.73 Å². The molecule has 0 radical (unpaired) electrons. The SMILES string of the molecule is NCc1cc(Br)cnc1-n1cnc2c1CCCC2. The Bertz CT molecular complexity index is 576. The van der Waals surface area contributed by atoms with Gasteiger partial charge in [-0.25, -0.2) is 9.97 Å². The van der Waals surface area contributed by atoms with Crippen LogP contribution in [0.15, 0.2) is 23.1 Å². The number of fused-ring (bicyclic) bond motifs is 1. The first-order valence-electron chi connectivity index (χ1n) is 6.19. The highest BCUT2D eigenvalue weighted by Gasteiger charge is 2.18. The quantitative estimate of drug-likeness (QED) is 0.926. The molecule has 5 heteroatoms. The Balaban J connectivity index is 2.12. The van der Waals surface area contributed by atoms with Gasteiger partial charge in [0.05, 0.1) is 5.69 Å². The molecule has 2 aromatic heterocycles. The molecule has 0 amide bonds. The van der Waals surface area contributed by atoms with Crippen molar-refractivity contribution in [3.05, 3.63) is 40.0 Å². The third-order valence-corrected chi connectivity index (χ3v) is 3.82. The molecule has 0 bridgehead atoms. The molecule has 0 saturated carbocycles. The van der Waals surface area contributed by atoms with Crippen LogP contribution in [0.4, 0.5) is 0 Å². The lowest BCUT2D eigenvalue weighted by molar-refractivity contribution is 0.653. The van der Waals surface area contributed by atoms with Gasteiger partial charge >= 0.3 is 0 Å². The number of imidazole rings is 1. The van der Waals surface area contributed by atoms with Gasteiger partial charge < -0.3 is 5.73 Å². The fraction of sp³-hybridized carbons (Fsp3) is 0.385. The van der Waals surface area contributed by atoms with Crippen LogP contribution in [0, 0.1) is 0 Å². The number of aromatic nitrogens is 3. The van der Waals surface area contributed by atoms with Crippen LogP contribution in [-0.4, -0.2) is 14.5 Å². The maximum Gasteiger partial charge on any atom is 0.142 e. The van der Waals surface area contributed by atoms with E-state index in [1.165, 1.54) is 24.2 Å². The molecule has 0 spiro atoms. The Morgan fingerprint density at radius 1 is 1.28 bits per heavy atom. The number of halogens is 1. The first-order valence-corrected chi connectivity index (χ1v) is 6.99. The highest BCUT2D eigenvalue weighted by atomic mass is 79.9. The number of hydrogen-bond donors (Lipinski definition) is 1. The van der Waals surface area contributed by atoms with Gasteiger partial charge in [-0.05, 0) is 47.7 Å². The molecule has 94 valence electrons. The van der Waals surface area contributed by atoms with Crippen LogP contribution >= 0.6 is 15.9 Å². The van der Waals surface area contributed by atoms with Gasteiger partial charge in [-0.15, -0.1) is 0 Å². The van der Waals surface area contributed by atoms with Gasteiger partial charge in [0.2, 0.25) is 0 Å². The van der Waals surface area contributed by atoms with Crippen LogP contribution in [0.5, 0.6) is 0 Å². The average Bonchev–Trinajstić information content (AvgIpc) is 2.82. The number of nitrogens with two attached hydrogens (primary N) is 1. The average molecular weight is 307 g/mol. The first kappa shape index (κ1) is 11.9. The summed E-state index contributed by atoms with van der Waals surface area (Å²) in [6.45, 7) is 0.481. The second-order valence-electron chi connectivity index (χ2n) is 4.56. The molecule has 2 N–H and O–H groups in total. The van der Waals surface area contributed by atoms with Crippen molar-refractivity contribution >= 4 is 15.9 Å². The summed E-state index contributed by atoms with van der Waals surface area (Å²) in [5.74, 6) is 0.913. The standard InChI is InChI=1S/C13H15BrN4/c14-10-5-9(6-15)13(16-7-10)18-8-17-11-3-1-2-4-12(11)18/h5,7-8H,1-4,6,15H2. The summed E-state index contributed by atoms with van der Waals surface area (Å²) < 4.78 is 3.06. The van der Waals surface area contributed by atoms with Gasteiger partial charge in [-0.3, -0.25) is 4.57 Å². The van der Waals surface area contributed by atoms with E-state index in [4.69, 9.17) is 5.73 Å². The zero-order chi connectivity index (χ0) is 12.5. The van der Waals surface area contributed by atoms with Crippen molar-refractivity contribution in [2.45, 2.75) is 32.2 Å². The minimum Gasteiger partial charge on any atom is -0.326 e. The molecule has 2 aromatic rings. The van der Waals surface area contributed by atoms with Crippen LogP contribution in [0.2, 0.25) is 0 Å². The fourth-order valence-electron chi connectivity index (χ4n) is 2.49. The highest BCUT2D eigenvalue weighted by molar-refractivity contribution is 9.10. The van der Waals surface area contributed by atoms with E-state index in [2.05, 4.69) is 30.5 Å². The van der Waals surface area contributed by atoms with Crippen molar-refractivity contribution in [2.75, 3.05) is 0 Å². The Kier molecular flexibility index (Phi) is 3.18. The van der Waals surface area contributed by atoms with E-state index < -0.39 is 0 Å². The molecule has 0 aliphatic heterocycles. The zero-order valence-corrected chi connectivity index (χ0v) is 11.7. The van der Waals surface area contributed by atoms with Gasteiger partial charge in [-0.1, -0.05) is 0 Å². The lowest BCUT2D eigenvalue weighted by Gasteiger charge is -2.15. The minimum atomic E-state index is 0.481. The third-order valence-electron chi connectivity index (χ3n) is 3.39. The Hall–Kier alpha value is -1.20. The van der Waals surface area contributed by atoms with Gasteiger partial charge in [-0.2, -0.15) is 0 Å². The van der Waals surface area contributed by atoms with Crippen molar-refractivity contribution in [3.8, 4) is 5.82 Å². The molecule has 0 fully saturated rings. The summed E-state index contributed by atoms with van der Waals surface area (Å²) >= 11 is 3.43. The smallest absolute Gasteiger partial charge is 0.142 e. The van der Waals surface area contributed by atoms with E-state index in [-0.39, 0.29) is 0 Å². The number of aryl methyl sites for hydroxylation is 1. The Morgan fingerprint density at radius 3 is 2.94 bits per heavy atom. The van der Waals surface area contributed by atoms with Gasteiger partial charge in [0.15, 0.2) is 0 Å². The molecular weight excluding hydrogens is 292 g/mol. The van der Waals surface area contributed by atoms with E-state index >= 15 is 0 Å². The Morgan fingerprint density at radius 2 is 2.11 bits per heavy atom. The maximum absolute atomic E-state index is 5.81. The molecule has 18 heavy (non-hydrogen) atoms. The summed E-state index contributed by atoms with van der Waals surface area (Å²) in [5, 5.41) is 0. The molecule has 3 rings (SSSR count). The minimum absolute atomic E-state index is 0.481. The predicted octanol–water partition coefficient (Wildman–Crippen LogP) is 2.37. The number of pyridine rings is 1. The topological polar surface area (TPSA) is 56.7 Å². The molecule has 1 aliphatic carbocycles. The second kappa shape index (κ2) is 4.82. The third kappa shape index (κ3) is 1.97. The van der Waals surface area contributed by atoms with Crippen molar-refractivity contribution in [1.82, 2.24) is 14.5 Å². The molecule has 0 aromatic carbocycles. The largest absolute Gasteiger partial charge is 0.326 e. The van der Waals surface area contributed by atoms with E-state index in [0.717, 1.165) is 28.7 Å². The normalized spacial score (nSPS) is 14.6. The van der Waals surface area contributed by atoms with Crippen LogP contribution in [-0.2, 0) is 19.4 Å². The lowest BCUT2D eigenvalue weighted by Crippen LogP contribution is -2.11. The van der Waals surface area contributed by atoms with Crippen LogP contribution in [0.3, 0.4) is 0 Å². The summed E-state index contributed by atoms with van der Waals surface area (Å²) in [6.07, 6.45) is 8.32. The van der Waals surface area contributed by atoms with E-state index in [0.29, 0.717) is 6.54 Å². The van der Waals surface area contributed by atoms with E-state index in [1.54, 1.807) is 0 Å². The molecule has 1 aliphatic rings. The van der Waals surface area contributed by atoms with Crippen molar-refractivity contribution in [1.29, 1.82) is 0 Å². The maximum atomic E-state index is 5.81. The fourth-order valence-corrected chi connectivity index (χ4v) is 2.87. The van der Waals surface area contributed by atoms with Gasteiger partial charge in [0.1, 0.15) is 12.1 Å². The molecular formula is C13H15BrN4. The molecule has 0 unspecified atom stereocenters. The van der Waals surface area contributed by atoms with Gasteiger partial charge in [0.25, 0.3) is 0 Å². The van der Waals surface area contributed by atoms with Crippen molar-refractivity contribution < 1.29 is 0 Å². The molecule has 2 heterocycles. The molecule has 0 saturated heterocycles.